The summed E-state index contributed by atoms with van der Waals surface area (Å²) in [6, 6.07) is 9.01. The van der Waals surface area contributed by atoms with Crippen molar-refractivity contribution in [3.63, 3.8) is 0 Å². The van der Waals surface area contributed by atoms with Gasteiger partial charge in [-0.2, -0.15) is 0 Å². The van der Waals surface area contributed by atoms with E-state index < -0.39 is 5.97 Å². The van der Waals surface area contributed by atoms with Crippen molar-refractivity contribution < 1.29 is 14.7 Å². The van der Waals surface area contributed by atoms with E-state index in [1.807, 2.05) is 25.1 Å². The Labute approximate surface area is 111 Å². The van der Waals surface area contributed by atoms with Gasteiger partial charge in [-0.15, -0.1) is 0 Å². The molecule has 0 atom stereocenters. The van der Waals surface area contributed by atoms with Crippen LogP contribution in [0.4, 0.5) is 0 Å². The van der Waals surface area contributed by atoms with E-state index in [0.717, 1.165) is 5.56 Å². The molecule has 98 valence electrons. The number of rotatable bonds is 4. The van der Waals surface area contributed by atoms with E-state index in [0.29, 0.717) is 16.8 Å². The van der Waals surface area contributed by atoms with Crippen molar-refractivity contribution in [2.24, 2.45) is 7.05 Å². The van der Waals surface area contributed by atoms with E-state index >= 15 is 0 Å². The molecule has 0 aliphatic heterocycles. The summed E-state index contributed by atoms with van der Waals surface area (Å²) in [5.41, 5.74) is 2.69. The van der Waals surface area contributed by atoms with Crippen LogP contribution in [-0.4, -0.2) is 21.4 Å². The van der Waals surface area contributed by atoms with Crippen molar-refractivity contribution in [1.29, 1.82) is 0 Å². The molecule has 0 fully saturated rings. The lowest BCUT2D eigenvalue weighted by atomic mass is 10.0. The molecule has 1 aromatic heterocycles. The normalized spacial score (nSPS) is 10.4. The summed E-state index contributed by atoms with van der Waals surface area (Å²) in [5.74, 6) is -0.988. The zero-order valence-electron chi connectivity index (χ0n) is 10.9. The molecule has 0 saturated carbocycles. The molecule has 0 unspecified atom stereocenters. The first-order valence-electron chi connectivity index (χ1n) is 5.96. The second-order valence-corrected chi connectivity index (χ2v) is 4.56. The number of carboxylic acid groups (broad SMARTS) is 1. The Morgan fingerprint density at radius 1 is 1.26 bits per heavy atom. The van der Waals surface area contributed by atoms with Gasteiger partial charge in [-0.25, -0.2) is 0 Å². The molecule has 19 heavy (non-hydrogen) atoms. The quantitative estimate of drug-likeness (QED) is 0.854. The molecule has 1 aromatic carbocycles. The van der Waals surface area contributed by atoms with Crippen LogP contribution in [0.2, 0.25) is 0 Å². The Hall–Kier alpha value is -2.36. The van der Waals surface area contributed by atoms with Crippen molar-refractivity contribution in [1.82, 2.24) is 4.57 Å². The maximum Gasteiger partial charge on any atom is 0.307 e. The third-order valence-electron chi connectivity index (χ3n) is 3.04. The molecule has 0 aliphatic carbocycles. The Morgan fingerprint density at radius 3 is 2.58 bits per heavy atom. The number of carboxylic acids is 1. The van der Waals surface area contributed by atoms with Gasteiger partial charge in [0.2, 0.25) is 5.78 Å². The van der Waals surface area contributed by atoms with E-state index in [-0.39, 0.29) is 12.2 Å². The van der Waals surface area contributed by atoms with Crippen LogP contribution in [0.15, 0.2) is 36.5 Å². The Morgan fingerprint density at radius 2 is 1.95 bits per heavy atom. The van der Waals surface area contributed by atoms with E-state index in [2.05, 4.69) is 0 Å². The van der Waals surface area contributed by atoms with Gasteiger partial charge in [0.05, 0.1) is 12.1 Å². The molecule has 4 nitrogen and oxygen atoms in total. The number of aryl methyl sites for hydroxylation is 2. The smallest absolute Gasteiger partial charge is 0.307 e. The number of hydrogen-bond donors (Lipinski definition) is 1. The number of carbonyl (C=O) groups excluding carboxylic acids is 1. The van der Waals surface area contributed by atoms with Crippen LogP contribution >= 0.6 is 0 Å². The molecular weight excluding hydrogens is 242 g/mol. The molecule has 1 N–H and O–H groups in total. The number of nitrogens with zero attached hydrogens (tertiary/aromatic N) is 1. The second-order valence-electron chi connectivity index (χ2n) is 4.56. The van der Waals surface area contributed by atoms with E-state index in [1.54, 1.807) is 29.9 Å². The number of aliphatic carboxylic acids is 1. The standard InChI is InChI=1S/C15H15NO3/c1-10-5-3-4-6-12(10)15(19)13-7-11(8-14(17)18)9-16(13)2/h3-7,9H,8H2,1-2H3,(H,17,18). The third kappa shape index (κ3) is 2.73. The van der Waals surface area contributed by atoms with Gasteiger partial charge in [0.15, 0.2) is 0 Å². The second kappa shape index (κ2) is 5.10. The number of benzene rings is 1. The average molecular weight is 257 g/mol. The van der Waals surface area contributed by atoms with Crippen LogP contribution in [0.25, 0.3) is 0 Å². The minimum Gasteiger partial charge on any atom is -0.481 e. The van der Waals surface area contributed by atoms with Crippen LogP contribution < -0.4 is 0 Å². The van der Waals surface area contributed by atoms with Crippen LogP contribution in [0.3, 0.4) is 0 Å². The first-order chi connectivity index (χ1) is 8.99. The molecule has 1 heterocycles. The summed E-state index contributed by atoms with van der Waals surface area (Å²) in [4.78, 5) is 23.1. The van der Waals surface area contributed by atoms with Crippen molar-refractivity contribution >= 4 is 11.8 Å². The first kappa shape index (κ1) is 13.1. The van der Waals surface area contributed by atoms with Gasteiger partial charge < -0.3 is 9.67 Å². The molecule has 2 aromatic rings. The lowest BCUT2D eigenvalue weighted by Gasteiger charge is -2.05. The molecule has 0 bridgehead atoms. The van der Waals surface area contributed by atoms with Gasteiger partial charge >= 0.3 is 5.97 Å². The van der Waals surface area contributed by atoms with Gasteiger partial charge in [-0.3, -0.25) is 9.59 Å². The van der Waals surface area contributed by atoms with Crippen molar-refractivity contribution in [3.05, 3.63) is 58.9 Å². The van der Waals surface area contributed by atoms with Crippen LogP contribution in [0, 0.1) is 6.92 Å². The summed E-state index contributed by atoms with van der Waals surface area (Å²) in [5, 5.41) is 8.77. The maximum absolute atomic E-state index is 12.4. The van der Waals surface area contributed by atoms with E-state index in [9.17, 15) is 9.59 Å². The summed E-state index contributed by atoms with van der Waals surface area (Å²) in [6.07, 6.45) is 1.61. The van der Waals surface area contributed by atoms with Crippen LogP contribution in [0.1, 0.15) is 27.2 Å². The number of ketones is 1. The van der Waals surface area contributed by atoms with Gasteiger partial charge in [0.25, 0.3) is 0 Å². The monoisotopic (exact) mass is 257 g/mol. The predicted octanol–water partition coefficient (Wildman–Crippen LogP) is 2.19. The lowest BCUT2D eigenvalue weighted by Crippen LogP contribution is -2.08. The van der Waals surface area contributed by atoms with Crippen LogP contribution in [-0.2, 0) is 18.3 Å². The topological polar surface area (TPSA) is 59.3 Å². The molecule has 2 rings (SSSR count). The molecule has 0 saturated heterocycles. The van der Waals surface area contributed by atoms with E-state index in [4.69, 9.17) is 5.11 Å². The SMILES string of the molecule is Cc1ccccc1C(=O)c1cc(CC(=O)O)cn1C. The highest BCUT2D eigenvalue weighted by atomic mass is 16.4. The number of hydrogen-bond acceptors (Lipinski definition) is 2. The molecule has 0 amide bonds. The molecule has 4 heteroatoms. The molecule has 0 aliphatic rings. The minimum atomic E-state index is -0.902. The summed E-state index contributed by atoms with van der Waals surface area (Å²) >= 11 is 0. The van der Waals surface area contributed by atoms with Gasteiger partial charge in [-0.1, -0.05) is 24.3 Å². The van der Waals surface area contributed by atoms with Crippen LogP contribution in [0.5, 0.6) is 0 Å². The van der Waals surface area contributed by atoms with Crippen molar-refractivity contribution in [2.45, 2.75) is 13.3 Å². The summed E-state index contributed by atoms with van der Waals surface area (Å²) < 4.78 is 1.67. The minimum absolute atomic E-state index is 0.0745. The predicted molar refractivity (Wildman–Crippen MR) is 71.4 cm³/mol. The first-order valence-corrected chi connectivity index (χ1v) is 5.96. The van der Waals surface area contributed by atoms with Gasteiger partial charge in [0.1, 0.15) is 0 Å². The Kier molecular flexibility index (Phi) is 3.51. The van der Waals surface area contributed by atoms with Gasteiger partial charge in [0, 0.05) is 18.8 Å². The number of aromatic nitrogens is 1. The Bertz CT molecular complexity index is 641. The molecular formula is C15H15NO3. The summed E-state index contributed by atoms with van der Waals surface area (Å²) in [6.45, 7) is 1.88. The highest BCUT2D eigenvalue weighted by Crippen LogP contribution is 2.16. The zero-order valence-corrected chi connectivity index (χ0v) is 10.9. The fourth-order valence-corrected chi connectivity index (χ4v) is 2.10. The van der Waals surface area contributed by atoms with Crippen molar-refractivity contribution in [3.8, 4) is 0 Å². The highest BCUT2D eigenvalue weighted by Gasteiger charge is 2.16. The third-order valence-corrected chi connectivity index (χ3v) is 3.04. The Balaban J connectivity index is 2.37. The maximum atomic E-state index is 12.4. The fraction of sp³-hybridized carbons (Fsp3) is 0.200. The largest absolute Gasteiger partial charge is 0.481 e. The summed E-state index contributed by atoms with van der Waals surface area (Å²) in [7, 11) is 1.75. The lowest BCUT2D eigenvalue weighted by molar-refractivity contribution is -0.136. The fourth-order valence-electron chi connectivity index (χ4n) is 2.10. The highest BCUT2D eigenvalue weighted by molar-refractivity contribution is 6.09. The van der Waals surface area contributed by atoms with Crippen molar-refractivity contribution in [2.75, 3.05) is 0 Å². The van der Waals surface area contributed by atoms with Gasteiger partial charge in [-0.05, 0) is 24.1 Å². The average Bonchev–Trinajstić information content (AvgIpc) is 2.69. The number of carbonyl (C=O) groups is 2. The van der Waals surface area contributed by atoms with E-state index in [1.165, 1.54) is 0 Å². The zero-order chi connectivity index (χ0) is 14.0. The molecule has 0 spiro atoms. The molecule has 0 radical (unpaired) electrons.